The maximum absolute atomic E-state index is 12.3. The van der Waals surface area contributed by atoms with E-state index in [-0.39, 0.29) is 11.4 Å². The van der Waals surface area contributed by atoms with E-state index in [4.69, 9.17) is 5.73 Å². The van der Waals surface area contributed by atoms with E-state index in [1.807, 2.05) is 30.3 Å². The molecule has 98 valence electrons. The number of nitrogens with two attached hydrogens (primary N) is 1. The molecule has 0 saturated heterocycles. The largest absolute Gasteiger partial charge is 0.345 e. The molecule has 3 N–H and O–H groups in total. The normalized spacial score (nSPS) is 27.8. The molecule has 1 aliphatic rings. The van der Waals surface area contributed by atoms with E-state index in [0.29, 0.717) is 18.0 Å². The van der Waals surface area contributed by atoms with Crippen LogP contribution in [0.2, 0.25) is 0 Å². The minimum absolute atomic E-state index is 0.00481. The molecule has 2 atom stereocenters. The third kappa shape index (κ3) is 2.56. The van der Waals surface area contributed by atoms with Crippen molar-refractivity contribution in [2.45, 2.75) is 38.1 Å². The third-order valence-electron chi connectivity index (χ3n) is 4.22. The van der Waals surface area contributed by atoms with Gasteiger partial charge in [-0.3, -0.25) is 4.79 Å². The average molecular weight is 246 g/mol. The zero-order valence-corrected chi connectivity index (χ0v) is 11.0. The highest BCUT2D eigenvalue weighted by atomic mass is 16.1. The number of carbonyl (C=O) groups is 1. The van der Waals surface area contributed by atoms with Gasteiger partial charge in [0.15, 0.2) is 0 Å². The van der Waals surface area contributed by atoms with Crippen molar-refractivity contribution in [2.24, 2.45) is 11.7 Å². The molecule has 1 saturated carbocycles. The number of carbonyl (C=O) groups excluding carboxylic acids is 1. The molecule has 2 rings (SSSR count). The molecule has 3 nitrogen and oxygen atoms in total. The molecule has 1 aliphatic carbocycles. The second kappa shape index (κ2) is 5.53. The molecule has 1 aromatic rings. The average Bonchev–Trinajstić information content (AvgIpc) is 2.42. The molecule has 0 aliphatic heterocycles. The molecule has 0 spiro atoms. The SMILES string of the molecule is CC1CCCCC1(CN)NC(=O)c1ccccc1. The molecule has 0 radical (unpaired) electrons. The van der Waals surface area contributed by atoms with Gasteiger partial charge in [0.05, 0.1) is 5.54 Å². The van der Waals surface area contributed by atoms with Crippen LogP contribution in [-0.2, 0) is 0 Å². The summed E-state index contributed by atoms with van der Waals surface area (Å²) in [5, 5.41) is 3.18. The Balaban J connectivity index is 2.13. The first-order chi connectivity index (χ1) is 8.68. The summed E-state index contributed by atoms with van der Waals surface area (Å²) >= 11 is 0. The van der Waals surface area contributed by atoms with Gasteiger partial charge in [-0.15, -0.1) is 0 Å². The molecule has 0 heterocycles. The van der Waals surface area contributed by atoms with E-state index in [1.165, 1.54) is 6.42 Å². The Morgan fingerprint density at radius 2 is 2.11 bits per heavy atom. The summed E-state index contributed by atoms with van der Waals surface area (Å²) in [5.74, 6) is 0.443. The molecular weight excluding hydrogens is 224 g/mol. The lowest BCUT2D eigenvalue weighted by Gasteiger charge is -2.42. The van der Waals surface area contributed by atoms with Crippen LogP contribution < -0.4 is 11.1 Å². The zero-order valence-electron chi connectivity index (χ0n) is 11.0. The van der Waals surface area contributed by atoms with E-state index in [0.717, 1.165) is 19.3 Å². The molecule has 0 aromatic heterocycles. The van der Waals surface area contributed by atoms with Gasteiger partial charge in [0.25, 0.3) is 5.91 Å². The fourth-order valence-electron chi connectivity index (χ4n) is 2.84. The number of rotatable bonds is 3. The number of amides is 1. The Bertz CT molecular complexity index is 404. The summed E-state index contributed by atoms with van der Waals surface area (Å²) in [7, 11) is 0. The highest BCUT2D eigenvalue weighted by Gasteiger charge is 2.38. The minimum Gasteiger partial charge on any atom is -0.345 e. The molecule has 1 amide bonds. The van der Waals surface area contributed by atoms with Crippen LogP contribution >= 0.6 is 0 Å². The van der Waals surface area contributed by atoms with Crippen LogP contribution in [0, 0.1) is 5.92 Å². The lowest BCUT2D eigenvalue weighted by atomic mass is 9.73. The minimum atomic E-state index is -0.217. The van der Waals surface area contributed by atoms with Crippen molar-refractivity contribution in [2.75, 3.05) is 6.54 Å². The summed E-state index contributed by atoms with van der Waals surface area (Å²) in [5.41, 5.74) is 6.43. The highest BCUT2D eigenvalue weighted by Crippen LogP contribution is 2.33. The van der Waals surface area contributed by atoms with Crippen molar-refractivity contribution in [3.8, 4) is 0 Å². The van der Waals surface area contributed by atoms with E-state index >= 15 is 0 Å². The molecule has 2 unspecified atom stereocenters. The lowest BCUT2D eigenvalue weighted by molar-refractivity contribution is 0.0813. The van der Waals surface area contributed by atoms with Crippen molar-refractivity contribution >= 4 is 5.91 Å². The van der Waals surface area contributed by atoms with Crippen LogP contribution in [0.5, 0.6) is 0 Å². The first-order valence-electron chi connectivity index (χ1n) is 6.75. The van der Waals surface area contributed by atoms with Gasteiger partial charge >= 0.3 is 0 Å². The number of hydrogen-bond donors (Lipinski definition) is 2. The van der Waals surface area contributed by atoms with Gasteiger partial charge in [-0.1, -0.05) is 38.0 Å². The van der Waals surface area contributed by atoms with Gasteiger partial charge in [0.2, 0.25) is 0 Å². The van der Waals surface area contributed by atoms with E-state index < -0.39 is 0 Å². The van der Waals surface area contributed by atoms with Crippen LogP contribution in [0.15, 0.2) is 30.3 Å². The van der Waals surface area contributed by atoms with Crippen molar-refractivity contribution < 1.29 is 4.79 Å². The Kier molecular flexibility index (Phi) is 4.02. The first-order valence-corrected chi connectivity index (χ1v) is 6.75. The van der Waals surface area contributed by atoms with Crippen molar-refractivity contribution in [3.63, 3.8) is 0 Å². The Morgan fingerprint density at radius 1 is 1.39 bits per heavy atom. The summed E-state index contributed by atoms with van der Waals surface area (Å²) in [6.45, 7) is 2.71. The van der Waals surface area contributed by atoms with Gasteiger partial charge in [-0.05, 0) is 30.9 Å². The van der Waals surface area contributed by atoms with Gasteiger partial charge in [-0.25, -0.2) is 0 Å². The fourth-order valence-corrected chi connectivity index (χ4v) is 2.84. The second-order valence-corrected chi connectivity index (χ2v) is 5.33. The molecule has 1 fully saturated rings. The monoisotopic (exact) mass is 246 g/mol. The van der Waals surface area contributed by atoms with Crippen LogP contribution in [0.3, 0.4) is 0 Å². The maximum Gasteiger partial charge on any atom is 0.251 e. The van der Waals surface area contributed by atoms with Crippen molar-refractivity contribution in [1.82, 2.24) is 5.32 Å². The van der Waals surface area contributed by atoms with E-state index in [9.17, 15) is 4.79 Å². The van der Waals surface area contributed by atoms with Crippen molar-refractivity contribution in [3.05, 3.63) is 35.9 Å². The zero-order chi connectivity index (χ0) is 13.0. The summed E-state index contributed by atoms with van der Waals surface area (Å²) in [6.07, 6.45) is 4.52. The van der Waals surface area contributed by atoms with Crippen LogP contribution in [0.25, 0.3) is 0 Å². The Labute approximate surface area is 109 Å². The molecule has 1 aromatic carbocycles. The standard InChI is InChI=1S/C15H22N2O/c1-12-7-5-6-10-15(12,11-16)17-14(18)13-8-3-2-4-9-13/h2-4,8-9,12H,5-7,10-11,16H2,1H3,(H,17,18). The van der Waals surface area contributed by atoms with Crippen LogP contribution in [0.4, 0.5) is 0 Å². The van der Waals surface area contributed by atoms with E-state index in [1.54, 1.807) is 0 Å². The summed E-state index contributed by atoms with van der Waals surface area (Å²) in [6, 6.07) is 9.36. The predicted octanol–water partition coefficient (Wildman–Crippen LogP) is 2.32. The third-order valence-corrected chi connectivity index (χ3v) is 4.22. The second-order valence-electron chi connectivity index (χ2n) is 5.33. The molecule has 0 bridgehead atoms. The van der Waals surface area contributed by atoms with Gasteiger partial charge in [0.1, 0.15) is 0 Å². The molecule has 3 heteroatoms. The predicted molar refractivity (Wildman–Crippen MR) is 73.3 cm³/mol. The fraction of sp³-hybridized carbons (Fsp3) is 0.533. The lowest BCUT2D eigenvalue weighted by Crippen LogP contribution is -2.59. The maximum atomic E-state index is 12.3. The quantitative estimate of drug-likeness (QED) is 0.860. The topological polar surface area (TPSA) is 55.1 Å². The number of hydrogen-bond acceptors (Lipinski definition) is 2. The van der Waals surface area contributed by atoms with E-state index in [2.05, 4.69) is 12.2 Å². The smallest absolute Gasteiger partial charge is 0.251 e. The summed E-state index contributed by atoms with van der Waals surface area (Å²) < 4.78 is 0. The number of benzene rings is 1. The van der Waals surface area contributed by atoms with Gasteiger partial charge in [0, 0.05) is 12.1 Å². The van der Waals surface area contributed by atoms with Crippen LogP contribution in [0.1, 0.15) is 43.0 Å². The first kappa shape index (κ1) is 13.1. The van der Waals surface area contributed by atoms with Crippen LogP contribution in [-0.4, -0.2) is 18.0 Å². The number of nitrogens with one attached hydrogen (secondary N) is 1. The Morgan fingerprint density at radius 3 is 2.72 bits per heavy atom. The molecule has 18 heavy (non-hydrogen) atoms. The van der Waals surface area contributed by atoms with Gasteiger partial charge < -0.3 is 11.1 Å². The highest BCUT2D eigenvalue weighted by molar-refractivity contribution is 5.94. The Hall–Kier alpha value is -1.35. The van der Waals surface area contributed by atoms with Crippen molar-refractivity contribution in [1.29, 1.82) is 0 Å². The molecular formula is C15H22N2O. The summed E-state index contributed by atoms with van der Waals surface area (Å²) in [4.78, 5) is 12.3. The van der Waals surface area contributed by atoms with Gasteiger partial charge in [-0.2, -0.15) is 0 Å².